The molecule has 0 radical (unpaired) electrons. The number of aromatic amines is 1. The van der Waals surface area contributed by atoms with Crippen LogP contribution in [0.4, 0.5) is 5.82 Å². The van der Waals surface area contributed by atoms with E-state index in [1.54, 1.807) is 21.0 Å². The lowest BCUT2D eigenvalue weighted by Gasteiger charge is -2.08. The van der Waals surface area contributed by atoms with Crippen LogP contribution in [-0.4, -0.2) is 48.0 Å². The van der Waals surface area contributed by atoms with Gasteiger partial charge in [0, 0.05) is 23.4 Å². The zero-order valence-corrected chi connectivity index (χ0v) is 22.1. The van der Waals surface area contributed by atoms with E-state index in [4.69, 9.17) is 15.6 Å². The van der Waals surface area contributed by atoms with E-state index in [1.165, 1.54) is 18.4 Å². The predicted molar refractivity (Wildman–Crippen MR) is 148 cm³/mol. The molecule has 0 bridgehead atoms. The molecule has 1 unspecified atom stereocenters. The molecular weight excluding hydrogens is 426 g/mol. The van der Waals surface area contributed by atoms with Crippen LogP contribution in [0.3, 0.4) is 0 Å². The molecule has 1 aromatic carbocycles. The van der Waals surface area contributed by atoms with Crippen LogP contribution in [0.15, 0.2) is 34.9 Å². The smallest absolute Gasteiger partial charge is 0.155 e. The molecule has 0 amide bonds. The Morgan fingerprint density at radius 3 is 2.12 bits per heavy atom. The summed E-state index contributed by atoms with van der Waals surface area (Å²) >= 11 is 0. The standard InChI is InChI=1S/C18H23N5O.C4H10.C3H7N.CH3N/c1-5-19-18-16(10-15-11(2)20-21-12(15)3)17(22-23-18)13-6-8-14(24-4)9-7-13;1-3-4-2;1-3(2)4;1-2/h6-11,20H,5H2,1-4H3,(H2,19,22,23);3-4H2,1-2H3;4H,1-2H3;2H,1H2/b15-10+;;;. The van der Waals surface area contributed by atoms with E-state index in [-0.39, 0.29) is 6.04 Å². The minimum Gasteiger partial charge on any atom is -0.497 e. The molecule has 34 heavy (non-hydrogen) atoms. The normalized spacial score (nSPS) is 14.8. The number of unbranched alkanes of at least 4 members (excludes halogenated alkanes) is 1. The fourth-order valence-corrected chi connectivity index (χ4v) is 2.80. The number of anilines is 1. The number of hydrazone groups is 1. The molecule has 1 aliphatic heterocycles. The highest BCUT2D eigenvalue weighted by molar-refractivity contribution is 6.05. The summed E-state index contributed by atoms with van der Waals surface area (Å²) in [7, 11) is 1.67. The summed E-state index contributed by atoms with van der Waals surface area (Å²) in [6, 6.07) is 8.15. The Kier molecular flexibility index (Phi) is 15.4. The largest absolute Gasteiger partial charge is 0.497 e. The fraction of sp³-hybridized carbons (Fsp3) is 0.462. The van der Waals surface area contributed by atoms with Gasteiger partial charge < -0.3 is 26.3 Å². The maximum atomic E-state index is 6.50. The van der Waals surface area contributed by atoms with E-state index in [0.717, 1.165) is 40.6 Å². The number of rotatable bonds is 6. The summed E-state index contributed by atoms with van der Waals surface area (Å²) in [5, 5.41) is 27.2. The van der Waals surface area contributed by atoms with Crippen molar-refractivity contribution >= 4 is 30.0 Å². The first-order valence-corrected chi connectivity index (χ1v) is 11.6. The van der Waals surface area contributed by atoms with Gasteiger partial charge in [-0.3, -0.25) is 5.10 Å². The highest BCUT2D eigenvalue weighted by atomic mass is 16.5. The quantitative estimate of drug-likeness (QED) is 0.315. The van der Waals surface area contributed by atoms with Gasteiger partial charge in [0.05, 0.1) is 24.6 Å². The highest BCUT2D eigenvalue weighted by Gasteiger charge is 2.20. The van der Waals surface area contributed by atoms with E-state index >= 15 is 0 Å². The number of methoxy groups -OCH3 is 1. The van der Waals surface area contributed by atoms with E-state index < -0.39 is 0 Å². The molecule has 8 nitrogen and oxygen atoms in total. The van der Waals surface area contributed by atoms with E-state index in [2.05, 4.69) is 66.5 Å². The first-order valence-electron chi connectivity index (χ1n) is 11.6. The van der Waals surface area contributed by atoms with Crippen molar-refractivity contribution in [3.8, 4) is 17.0 Å². The number of nitrogens with zero attached hydrogens (tertiary/aromatic N) is 2. The van der Waals surface area contributed by atoms with Crippen LogP contribution in [-0.2, 0) is 0 Å². The molecule has 0 saturated carbocycles. The Labute approximate surface area is 205 Å². The van der Waals surface area contributed by atoms with E-state index in [0.29, 0.717) is 5.71 Å². The van der Waals surface area contributed by atoms with Crippen LogP contribution in [0.5, 0.6) is 5.75 Å². The summed E-state index contributed by atoms with van der Waals surface area (Å²) in [5.41, 5.74) is 9.04. The molecule has 1 atom stereocenters. The van der Waals surface area contributed by atoms with Crippen LogP contribution in [0.2, 0.25) is 0 Å². The molecule has 3 rings (SSSR count). The van der Waals surface area contributed by atoms with Gasteiger partial charge in [0.1, 0.15) is 5.75 Å². The average molecular weight is 470 g/mol. The van der Waals surface area contributed by atoms with Gasteiger partial charge in [0.25, 0.3) is 0 Å². The van der Waals surface area contributed by atoms with Crippen molar-refractivity contribution in [2.24, 2.45) is 5.10 Å². The van der Waals surface area contributed by atoms with Crippen molar-refractivity contribution in [1.82, 2.24) is 15.6 Å². The van der Waals surface area contributed by atoms with Gasteiger partial charge in [0.2, 0.25) is 0 Å². The first kappa shape index (κ1) is 30.6. The number of ether oxygens (including phenoxy) is 1. The summed E-state index contributed by atoms with van der Waals surface area (Å²) in [4.78, 5) is 0. The van der Waals surface area contributed by atoms with E-state index in [9.17, 15) is 0 Å². The molecule has 2 aromatic rings. The van der Waals surface area contributed by atoms with Crippen molar-refractivity contribution in [2.45, 2.75) is 67.3 Å². The minimum absolute atomic E-state index is 0.193. The third-order valence-corrected chi connectivity index (χ3v) is 4.64. The van der Waals surface area contributed by atoms with Crippen molar-refractivity contribution in [3.63, 3.8) is 0 Å². The zero-order valence-electron chi connectivity index (χ0n) is 22.1. The second kappa shape index (κ2) is 17.1. The van der Waals surface area contributed by atoms with Crippen molar-refractivity contribution < 1.29 is 4.74 Å². The number of hydrogen-bond acceptors (Lipinski definition) is 7. The SMILES string of the molecule is C=N.CC(C)=N.CCCC.CCNc1n[nH]c(-c2ccc(OC)cc2)c1/C=C1/C(C)=NNC1C. The topological polar surface area (TPSA) is 122 Å². The molecule has 188 valence electrons. The average Bonchev–Trinajstić information content (AvgIpc) is 3.38. The number of aromatic nitrogens is 2. The lowest BCUT2D eigenvalue weighted by Crippen LogP contribution is -2.16. The summed E-state index contributed by atoms with van der Waals surface area (Å²) < 4.78 is 5.24. The summed E-state index contributed by atoms with van der Waals surface area (Å²) in [6.45, 7) is 17.4. The lowest BCUT2D eigenvalue weighted by molar-refractivity contribution is 0.415. The minimum atomic E-state index is 0.193. The zero-order chi connectivity index (χ0) is 26.1. The highest BCUT2D eigenvalue weighted by Crippen LogP contribution is 2.31. The van der Waals surface area contributed by atoms with Crippen molar-refractivity contribution in [1.29, 1.82) is 10.8 Å². The molecule has 8 heteroatoms. The number of H-pyrrole nitrogens is 1. The lowest BCUT2D eigenvalue weighted by atomic mass is 10.00. The Bertz CT molecular complexity index is 908. The van der Waals surface area contributed by atoms with Gasteiger partial charge >= 0.3 is 0 Å². The maximum absolute atomic E-state index is 6.50. The van der Waals surface area contributed by atoms with Crippen LogP contribution in [0, 0.1) is 10.8 Å². The number of hydrogen-bond donors (Lipinski definition) is 5. The van der Waals surface area contributed by atoms with Crippen LogP contribution < -0.4 is 15.5 Å². The Hall–Kier alpha value is -3.42. The third-order valence-electron chi connectivity index (χ3n) is 4.64. The Morgan fingerprint density at radius 2 is 1.71 bits per heavy atom. The molecule has 1 aliphatic rings. The van der Waals surface area contributed by atoms with Gasteiger partial charge in [-0.1, -0.05) is 26.7 Å². The molecule has 0 spiro atoms. The van der Waals surface area contributed by atoms with Crippen molar-refractivity contribution in [2.75, 3.05) is 19.0 Å². The first-order chi connectivity index (χ1) is 16.3. The second-order valence-corrected chi connectivity index (χ2v) is 7.77. The fourth-order valence-electron chi connectivity index (χ4n) is 2.80. The molecule has 0 fully saturated rings. The molecule has 0 saturated heterocycles. The van der Waals surface area contributed by atoms with Gasteiger partial charge in [-0.25, -0.2) is 0 Å². The second-order valence-electron chi connectivity index (χ2n) is 7.77. The Morgan fingerprint density at radius 1 is 1.15 bits per heavy atom. The molecule has 0 aliphatic carbocycles. The van der Waals surface area contributed by atoms with Gasteiger partial charge in [-0.05, 0) is 77.3 Å². The number of nitrogens with one attached hydrogen (secondary N) is 5. The van der Waals surface area contributed by atoms with Crippen LogP contribution in [0.25, 0.3) is 17.3 Å². The number of benzene rings is 1. The maximum Gasteiger partial charge on any atom is 0.155 e. The third kappa shape index (κ3) is 10.0. The molecule has 2 heterocycles. The van der Waals surface area contributed by atoms with Gasteiger partial charge in [-0.2, -0.15) is 10.2 Å². The van der Waals surface area contributed by atoms with E-state index in [1.807, 2.05) is 31.2 Å². The molecular formula is C26H43N7O. The molecule has 1 aromatic heterocycles. The van der Waals surface area contributed by atoms with Gasteiger partial charge in [0.15, 0.2) is 5.82 Å². The van der Waals surface area contributed by atoms with Crippen LogP contribution in [0.1, 0.15) is 66.9 Å². The summed E-state index contributed by atoms with van der Waals surface area (Å²) in [6.07, 6.45) is 4.80. The molecule has 5 N–H and O–H groups in total. The monoisotopic (exact) mass is 469 g/mol. The predicted octanol–water partition coefficient (Wildman–Crippen LogP) is 6.39. The van der Waals surface area contributed by atoms with Crippen molar-refractivity contribution in [3.05, 3.63) is 35.4 Å². The van der Waals surface area contributed by atoms with Gasteiger partial charge in [-0.15, -0.1) is 0 Å². The van der Waals surface area contributed by atoms with Crippen LogP contribution >= 0.6 is 0 Å². The summed E-state index contributed by atoms with van der Waals surface area (Å²) in [5.74, 6) is 1.68. The Balaban J connectivity index is 0.000000934.